The minimum absolute atomic E-state index is 0.165. The first-order valence-electron chi connectivity index (χ1n) is 5.55. The van der Waals surface area contributed by atoms with Crippen LogP contribution in [0.5, 0.6) is 0 Å². The Morgan fingerprint density at radius 3 is 2.71 bits per heavy atom. The van der Waals surface area contributed by atoms with E-state index < -0.39 is 6.10 Å². The summed E-state index contributed by atoms with van der Waals surface area (Å²) >= 11 is 0. The molecule has 0 fully saturated rings. The molecule has 90 valence electrons. The van der Waals surface area contributed by atoms with Crippen LogP contribution in [0.3, 0.4) is 0 Å². The van der Waals surface area contributed by atoms with E-state index in [9.17, 15) is 5.11 Å². The third kappa shape index (κ3) is 2.51. The average Bonchev–Trinajstić information content (AvgIpc) is 2.87. The van der Waals surface area contributed by atoms with Crippen molar-refractivity contribution in [1.29, 1.82) is 0 Å². The fraction of sp³-hybridized carbons (Fsp3) is 0.333. The summed E-state index contributed by atoms with van der Waals surface area (Å²) < 4.78 is 5.01. The lowest BCUT2D eigenvalue weighted by atomic mass is 10.1. The van der Waals surface area contributed by atoms with Gasteiger partial charge in [0.15, 0.2) is 0 Å². The lowest BCUT2D eigenvalue weighted by Gasteiger charge is -2.11. The molecule has 0 aliphatic rings. The quantitative estimate of drug-likeness (QED) is 0.836. The van der Waals surface area contributed by atoms with Gasteiger partial charge >= 0.3 is 0 Å². The number of hydrogen-bond acceptors (Lipinski definition) is 5. The van der Waals surface area contributed by atoms with Crippen molar-refractivity contribution in [3.63, 3.8) is 0 Å². The molecule has 1 aromatic heterocycles. The second-order valence-corrected chi connectivity index (χ2v) is 3.84. The van der Waals surface area contributed by atoms with Gasteiger partial charge in [-0.1, -0.05) is 42.4 Å². The molecule has 5 heteroatoms. The van der Waals surface area contributed by atoms with E-state index in [0.29, 0.717) is 12.2 Å². The highest BCUT2D eigenvalue weighted by Crippen LogP contribution is 2.20. The number of nitrogens with two attached hydrogens (primary N) is 1. The minimum atomic E-state index is -0.912. The van der Waals surface area contributed by atoms with Gasteiger partial charge in [0.2, 0.25) is 5.82 Å². The van der Waals surface area contributed by atoms with E-state index in [4.69, 9.17) is 10.3 Å². The molecule has 0 amide bonds. The molecular formula is C12H15N3O2. The molecule has 2 atom stereocenters. The maximum Gasteiger partial charge on any atom is 0.257 e. The van der Waals surface area contributed by atoms with E-state index >= 15 is 0 Å². The van der Waals surface area contributed by atoms with Crippen LogP contribution in [0, 0.1) is 0 Å². The lowest BCUT2D eigenvalue weighted by Crippen LogP contribution is -2.27. The van der Waals surface area contributed by atoms with Crippen molar-refractivity contribution < 1.29 is 9.63 Å². The zero-order valence-electron chi connectivity index (χ0n) is 9.58. The molecule has 0 spiro atoms. The van der Waals surface area contributed by atoms with Crippen molar-refractivity contribution in [1.82, 2.24) is 10.1 Å². The average molecular weight is 233 g/mol. The summed E-state index contributed by atoms with van der Waals surface area (Å²) in [6.45, 7) is 1.89. The summed E-state index contributed by atoms with van der Waals surface area (Å²) in [6, 6.07) is 9.05. The lowest BCUT2D eigenvalue weighted by molar-refractivity contribution is 0.105. The van der Waals surface area contributed by atoms with E-state index in [1.54, 1.807) is 0 Å². The molecule has 1 heterocycles. The molecule has 3 N–H and O–H groups in total. The Hall–Kier alpha value is -1.72. The van der Waals surface area contributed by atoms with Crippen molar-refractivity contribution in [2.24, 2.45) is 5.73 Å². The topological polar surface area (TPSA) is 85.2 Å². The van der Waals surface area contributed by atoms with Gasteiger partial charge in [0.1, 0.15) is 6.10 Å². The molecule has 2 rings (SSSR count). The van der Waals surface area contributed by atoms with Crippen LogP contribution in [0.25, 0.3) is 11.4 Å². The van der Waals surface area contributed by atoms with Crippen molar-refractivity contribution in [3.8, 4) is 11.4 Å². The second-order valence-electron chi connectivity index (χ2n) is 3.84. The highest BCUT2D eigenvalue weighted by molar-refractivity contribution is 5.53. The number of aromatic nitrogens is 2. The minimum Gasteiger partial charge on any atom is -0.382 e. The maximum atomic E-state index is 9.83. The second kappa shape index (κ2) is 5.07. The first-order chi connectivity index (χ1) is 8.22. The van der Waals surface area contributed by atoms with Gasteiger partial charge in [-0.25, -0.2) is 0 Å². The number of aliphatic hydroxyl groups excluding tert-OH is 1. The molecule has 2 unspecified atom stereocenters. The van der Waals surface area contributed by atoms with Gasteiger partial charge < -0.3 is 15.4 Å². The van der Waals surface area contributed by atoms with Gasteiger partial charge in [-0.2, -0.15) is 4.98 Å². The van der Waals surface area contributed by atoms with Crippen LogP contribution >= 0.6 is 0 Å². The number of aliphatic hydroxyl groups is 1. The van der Waals surface area contributed by atoms with Crippen LogP contribution in [0.15, 0.2) is 34.9 Å². The van der Waals surface area contributed by atoms with E-state index in [-0.39, 0.29) is 11.9 Å². The highest BCUT2D eigenvalue weighted by Gasteiger charge is 2.22. The third-order valence-electron chi connectivity index (χ3n) is 2.60. The van der Waals surface area contributed by atoms with Gasteiger partial charge in [-0.3, -0.25) is 0 Å². The SMILES string of the molecule is CCC(N)C(O)c1nc(-c2ccccc2)no1. The van der Waals surface area contributed by atoms with Crippen LogP contribution in [0.1, 0.15) is 25.3 Å². The summed E-state index contributed by atoms with van der Waals surface area (Å²) in [5.41, 5.74) is 6.57. The van der Waals surface area contributed by atoms with Crippen molar-refractivity contribution >= 4 is 0 Å². The highest BCUT2D eigenvalue weighted by atomic mass is 16.5. The Kier molecular flexibility index (Phi) is 3.51. The van der Waals surface area contributed by atoms with Crippen LogP contribution in [-0.2, 0) is 0 Å². The monoisotopic (exact) mass is 233 g/mol. The molecule has 2 aromatic rings. The first kappa shape index (κ1) is 11.8. The fourth-order valence-corrected chi connectivity index (χ4v) is 1.47. The molecular weight excluding hydrogens is 218 g/mol. The largest absolute Gasteiger partial charge is 0.382 e. The van der Waals surface area contributed by atoms with Gasteiger partial charge in [-0.15, -0.1) is 0 Å². The van der Waals surface area contributed by atoms with Crippen LogP contribution in [-0.4, -0.2) is 21.3 Å². The number of nitrogens with zero attached hydrogens (tertiary/aromatic N) is 2. The van der Waals surface area contributed by atoms with E-state index in [0.717, 1.165) is 5.56 Å². The van der Waals surface area contributed by atoms with E-state index in [1.807, 2.05) is 37.3 Å². The molecule has 17 heavy (non-hydrogen) atoms. The number of rotatable bonds is 4. The van der Waals surface area contributed by atoms with Crippen LogP contribution in [0.4, 0.5) is 0 Å². The Morgan fingerprint density at radius 2 is 2.06 bits per heavy atom. The third-order valence-corrected chi connectivity index (χ3v) is 2.60. The van der Waals surface area contributed by atoms with Crippen molar-refractivity contribution in [3.05, 3.63) is 36.2 Å². The number of benzene rings is 1. The molecule has 1 aromatic carbocycles. The van der Waals surface area contributed by atoms with E-state index in [2.05, 4.69) is 10.1 Å². The van der Waals surface area contributed by atoms with E-state index in [1.165, 1.54) is 0 Å². The Bertz CT molecular complexity index is 470. The van der Waals surface area contributed by atoms with Crippen molar-refractivity contribution in [2.75, 3.05) is 0 Å². The molecule has 0 aliphatic carbocycles. The summed E-state index contributed by atoms with van der Waals surface area (Å²) in [4.78, 5) is 4.14. The predicted octanol–water partition coefficient (Wildman–Crippen LogP) is 1.51. The molecule has 0 bridgehead atoms. The summed E-state index contributed by atoms with van der Waals surface area (Å²) in [6.07, 6.45) is -0.269. The van der Waals surface area contributed by atoms with Gasteiger partial charge in [-0.05, 0) is 6.42 Å². The standard InChI is InChI=1S/C12H15N3O2/c1-2-9(13)10(16)12-14-11(15-17-12)8-6-4-3-5-7-8/h3-7,9-10,16H,2,13H2,1H3. The Balaban J connectivity index is 2.22. The Labute approximate surface area is 99.3 Å². The van der Waals surface area contributed by atoms with Crippen LogP contribution in [0.2, 0.25) is 0 Å². The zero-order valence-corrected chi connectivity index (χ0v) is 9.58. The first-order valence-corrected chi connectivity index (χ1v) is 5.55. The van der Waals surface area contributed by atoms with Gasteiger partial charge in [0.05, 0.1) is 0 Å². The molecule has 0 saturated carbocycles. The van der Waals surface area contributed by atoms with Crippen LogP contribution < -0.4 is 5.73 Å². The van der Waals surface area contributed by atoms with Gasteiger partial charge in [0, 0.05) is 11.6 Å². The summed E-state index contributed by atoms with van der Waals surface area (Å²) in [7, 11) is 0. The predicted molar refractivity (Wildman–Crippen MR) is 63.0 cm³/mol. The molecule has 0 aliphatic heterocycles. The Morgan fingerprint density at radius 1 is 1.35 bits per heavy atom. The zero-order chi connectivity index (χ0) is 12.3. The smallest absolute Gasteiger partial charge is 0.257 e. The summed E-state index contributed by atoms with van der Waals surface area (Å²) in [5, 5.41) is 13.7. The van der Waals surface area contributed by atoms with Gasteiger partial charge in [0.25, 0.3) is 5.89 Å². The normalized spacial score (nSPS) is 14.5. The molecule has 0 saturated heterocycles. The molecule has 5 nitrogen and oxygen atoms in total. The fourth-order valence-electron chi connectivity index (χ4n) is 1.47. The number of hydrogen-bond donors (Lipinski definition) is 2. The summed E-state index contributed by atoms with van der Waals surface area (Å²) in [5.74, 6) is 0.626. The maximum absolute atomic E-state index is 9.83. The van der Waals surface area contributed by atoms with Crippen molar-refractivity contribution in [2.45, 2.75) is 25.5 Å². The molecule has 0 radical (unpaired) electrons.